The first-order chi connectivity index (χ1) is 6.43. The second-order valence-corrected chi connectivity index (χ2v) is 6.14. The zero-order chi connectivity index (χ0) is 10.8. The Hall–Kier alpha value is 0.180. The molecule has 1 rings (SSSR count). The van der Waals surface area contributed by atoms with Crippen molar-refractivity contribution < 1.29 is 5.11 Å². The van der Waals surface area contributed by atoms with Crippen LogP contribution < -0.4 is 0 Å². The molecule has 1 aliphatic carbocycles. The molecule has 0 bridgehead atoms. The van der Waals surface area contributed by atoms with Gasteiger partial charge in [-0.25, -0.2) is 0 Å². The third-order valence-electron chi connectivity index (χ3n) is 2.86. The fourth-order valence-corrected chi connectivity index (χ4v) is 2.87. The van der Waals surface area contributed by atoms with Gasteiger partial charge in [0.15, 0.2) is 0 Å². The van der Waals surface area contributed by atoms with Crippen LogP contribution in [0.4, 0.5) is 0 Å². The van der Waals surface area contributed by atoms with Gasteiger partial charge < -0.3 is 5.11 Å². The topological polar surface area (TPSA) is 20.2 Å². The van der Waals surface area contributed by atoms with Crippen LogP contribution in [-0.2, 0) is 0 Å². The van der Waals surface area contributed by atoms with E-state index in [1.807, 2.05) is 0 Å². The molecule has 1 nitrogen and oxygen atoms in total. The van der Waals surface area contributed by atoms with E-state index in [4.69, 9.17) is 0 Å². The predicted molar refractivity (Wildman–Crippen MR) is 64.5 cm³/mol. The Balaban J connectivity index is 2.75. The second kappa shape index (κ2) is 4.80. The van der Waals surface area contributed by atoms with E-state index >= 15 is 0 Å². The molecule has 82 valence electrons. The normalized spacial score (nSPS) is 20.8. The van der Waals surface area contributed by atoms with Crippen molar-refractivity contribution in [2.45, 2.75) is 59.0 Å². The van der Waals surface area contributed by atoms with Crippen LogP contribution in [0.3, 0.4) is 0 Å². The van der Waals surface area contributed by atoms with E-state index in [9.17, 15) is 5.11 Å². The van der Waals surface area contributed by atoms with E-state index in [0.29, 0.717) is 0 Å². The highest BCUT2D eigenvalue weighted by atomic mass is 79.9. The van der Waals surface area contributed by atoms with Crippen LogP contribution in [0.2, 0.25) is 0 Å². The highest BCUT2D eigenvalue weighted by Crippen LogP contribution is 2.35. The predicted octanol–water partition coefficient (Wildman–Crippen LogP) is 4.01. The zero-order valence-corrected chi connectivity index (χ0v) is 11.0. The maximum Gasteiger partial charge on any atom is 0.0902 e. The summed E-state index contributed by atoms with van der Waals surface area (Å²) in [6.45, 7) is 6.22. The lowest BCUT2D eigenvalue weighted by Gasteiger charge is -2.28. The fourth-order valence-electron chi connectivity index (χ4n) is 1.79. The number of rotatable bonds is 1. The lowest BCUT2D eigenvalue weighted by atomic mass is 9.85. The van der Waals surface area contributed by atoms with Crippen molar-refractivity contribution in [2.75, 3.05) is 0 Å². The maximum atomic E-state index is 10.1. The molecule has 1 atom stereocenters. The molecule has 0 aromatic heterocycles. The molecular weight excluding hydrogens is 240 g/mol. The number of aliphatic hydroxyl groups excluding tert-OH is 1. The lowest BCUT2D eigenvalue weighted by molar-refractivity contribution is 0.101. The molecule has 0 aromatic carbocycles. The van der Waals surface area contributed by atoms with Gasteiger partial charge in [0.05, 0.1) is 6.10 Å². The van der Waals surface area contributed by atoms with E-state index in [0.717, 1.165) is 17.3 Å². The summed E-state index contributed by atoms with van der Waals surface area (Å²) in [4.78, 5) is 0. The molecule has 0 aromatic rings. The molecule has 1 N–H and O–H groups in total. The van der Waals surface area contributed by atoms with Gasteiger partial charge in [0, 0.05) is 4.48 Å². The molecule has 1 aliphatic rings. The van der Waals surface area contributed by atoms with Crippen molar-refractivity contribution in [1.82, 2.24) is 0 Å². The Labute approximate surface area is 95.7 Å². The minimum absolute atomic E-state index is 0.0662. The van der Waals surface area contributed by atoms with Crippen LogP contribution in [0.15, 0.2) is 10.1 Å². The number of allylic oxidation sites excluding steroid dienone is 1. The first-order valence-corrected chi connectivity index (χ1v) is 6.27. The zero-order valence-electron chi connectivity index (χ0n) is 9.44. The minimum atomic E-state index is -0.351. The van der Waals surface area contributed by atoms with Gasteiger partial charge in [0.1, 0.15) is 0 Å². The Bertz CT molecular complexity index is 217. The molecule has 0 spiro atoms. The van der Waals surface area contributed by atoms with Crippen LogP contribution in [0.5, 0.6) is 0 Å². The standard InChI is InChI=1S/C12H21BrO/c1-12(2,3)11(14)10(13)9-7-5-4-6-8-9/h11,14H,4-8H2,1-3H3. The van der Waals surface area contributed by atoms with Crippen molar-refractivity contribution in [3.8, 4) is 0 Å². The first-order valence-electron chi connectivity index (χ1n) is 5.48. The molecule has 0 radical (unpaired) electrons. The van der Waals surface area contributed by atoms with Crippen molar-refractivity contribution in [1.29, 1.82) is 0 Å². The summed E-state index contributed by atoms with van der Waals surface area (Å²) in [7, 11) is 0. The van der Waals surface area contributed by atoms with Crippen molar-refractivity contribution in [3.05, 3.63) is 10.1 Å². The second-order valence-electron chi connectivity index (χ2n) is 5.28. The van der Waals surface area contributed by atoms with Gasteiger partial charge in [-0.05, 0) is 31.1 Å². The van der Waals surface area contributed by atoms with Gasteiger partial charge in [-0.15, -0.1) is 0 Å². The smallest absolute Gasteiger partial charge is 0.0902 e. The van der Waals surface area contributed by atoms with Gasteiger partial charge in [0.2, 0.25) is 0 Å². The van der Waals surface area contributed by atoms with Crippen LogP contribution in [-0.4, -0.2) is 11.2 Å². The summed E-state index contributed by atoms with van der Waals surface area (Å²) in [5.74, 6) is 0. The Morgan fingerprint density at radius 1 is 1.21 bits per heavy atom. The monoisotopic (exact) mass is 260 g/mol. The number of halogens is 1. The largest absolute Gasteiger partial charge is 0.387 e. The Kier molecular flexibility index (Phi) is 4.20. The molecule has 0 amide bonds. The van der Waals surface area contributed by atoms with Gasteiger partial charge in [-0.2, -0.15) is 0 Å². The van der Waals surface area contributed by atoms with Crippen LogP contribution in [0.1, 0.15) is 52.9 Å². The number of hydrogen-bond acceptors (Lipinski definition) is 1. The van der Waals surface area contributed by atoms with Crippen LogP contribution >= 0.6 is 15.9 Å². The Morgan fingerprint density at radius 3 is 2.14 bits per heavy atom. The fraction of sp³-hybridized carbons (Fsp3) is 0.833. The van der Waals surface area contributed by atoms with Gasteiger partial charge in [-0.1, -0.05) is 48.7 Å². The van der Waals surface area contributed by atoms with E-state index in [2.05, 4.69) is 36.7 Å². The molecule has 0 saturated heterocycles. The molecule has 0 heterocycles. The van der Waals surface area contributed by atoms with Crippen molar-refractivity contribution in [3.63, 3.8) is 0 Å². The lowest BCUT2D eigenvalue weighted by Crippen LogP contribution is -2.27. The van der Waals surface area contributed by atoms with E-state index in [-0.39, 0.29) is 11.5 Å². The van der Waals surface area contributed by atoms with Crippen molar-refractivity contribution in [2.24, 2.45) is 5.41 Å². The highest BCUT2D eigenvalue weighted by Gasteiger charge is 2.26. The average Bonchev–Trinajstić information content (AvgIpc) is 2.15. The summed E-state index contributed by atoms with van der Waals surface area (Å²) in [6.07, 6.45) is 5.87. The molecule has 2 heteroatoms. The quantitative estimate of drug-likeness (QED) is 0.756. The minimum Gasteiger partial charge on any atom is -0.387 e. The third-order valence-corrected chi connectivity index (χ3v) is 3.85. The summed E-state index contributed by atoms with van der Waals surface area (Å²) in [6, 6.07) is 0. The van der Waals surface area contributed by atoms with Gasteiger partial charge in [0.25, 0.3) is 0 Å². The summed E-state index contributed by atoms with van der Waals surface area (Å²) >= 11 is 3.57. The molecule has 1 fully saturated rings. The maximum absolute atomic E-state index is 10.1. The SMILES string of the molecule is CC(C)(C)C(O)C(Br)=C1CCCCC1. The first kappa shape index (κ1) is 12.3. The highest BCUT2D eigenvalue weighted by molar-refractivity contribution is 9.11. The molecular formula is C12H21BrO. The summed E-state index contributed by atoms with van der Waals surface area (Å²) < 4.78 is 1.05. The van der Waals surface area contributed by atoms with E-state index < -0.39 is 0 Å². The summed E-state index contributed by atoms with van der Waals surface area (Å²) in [5, 5.41) is 10.1. The van der Waals surface area contributed by atoms with Gasteiger partial charge >= 0.3 is 0 Å². The Morgan fingerprint density at radius 2 is 1.71 bits per heavy atom. The average molecular weight is 261 g/mol. The van der Waals surface area contributed by atoms with Gasteiger partial charge in [-0.3, -0.25) is 0 Å². The number of hydrogen-bond donors (Lipinski definition) is 1. The summed E-state index contributed by atoms with van der Waals surface area (Å²) in [5.41, 5.74) is 1.36. The van der Waals surface area contributed by atoms with Crippen LogP contribution in [0, 0.1) is 5.41 Å². The van der Waals surface area contributed by atoms with Crippen molar-refractivity contribution >= 4 is 15.9 Å². The van der Waals surface area contributed by atoms with E-state index in [1.165, 1.54) is 24.8 Å². The van der Waals surface area contributed by atoms with E-state index in [1.54, 1.807) is 0 Å². The molecule has 1 saturated carbocycles. The molecule has 14 heavy (non-hydrogen) atoms. The molecule has 0 aliphatic heterocycles. The molecule has 1 unspecified atom stereocenters. The number of aliphatic hydroxyl groups is 1. The third kappa shape index (κ3) is 3.09. The van der Waals surface area contributed by atoms with Crippen LogP contribution in [0.25, 0.3) is 0 Å².